The lowest BCUT2D eigenvalue weighted by molar-refractivity contribution is 0.287. The van der Waals surface area contributed by atoms with Crippen molar-refractivity contribution in [3.63, 3.8) is 0 Å². The fourth-order valence-corrected chi connectivity index (χ4v) is 5.96. The number of hydrogen-bond acceptors (Lipinski definition) is 8. The van der Waals surface area contributed by atoms with E-state index in [9.17, 15) is 16.8 Å². The van der Waals surface area contributed by atoms with Crippen LogP contribution in [0, 0.1) is 0 Å². The third-order valence-electron chi connectivity index (χ3n) is 6.01. The molecule has 9 nitrogen and oxygen atoms in total. The molecule has 35 heavy (non-hydrogen) atoms. The van der Waals surface area contributed by atoms with Crippen LogP contribution in [0.2, 0.25) is 0 Å². The molecule has 0 radical (unpaired) electrons. The fourth-order valence-electron chi connectivity index (χ4n) is 4.06. The van der Waals surface area contributed by atoms with E-state index in [-0.39, 0.29) is 17.8 Å². The van der Waals surface area contributed by atoms with Gasteiger partial charge in [0.1, 0.15) is 0 Å². The van der Waals surface area contributed by atoms with Gasteiger partial charge in [0.2, 0.25) is 5.95 Å². The molecule has 0 aliphatic carbocycles. The molecule has 0 bridgehead atoms. The maximum atomic E-state index is 11.7. The summed E-state index contributed by atoms with van der Waals surface area (Å²) in [5.74, 6) is 0.845. The van der Waals surface area contributed by atoms with Crippen molar-refractivity contribution in [3.8, 4) is 11.1 Å². The van der Waals surface area contributed by atoms with E-state index >= 15 is 0 Å². The van der Waals surface area contributed by atoms with E-state index in [1.165, 1.54) is 6.26 Å². The summed E-state index contributed by atoms with van der Waals surface area (Å²) in [4.78, 5) is 7.06. The van der Waals surface area contributed by atoms with Gasteiger partial charge in [0, 0.05) is 44.8 Å². The maximum Gasteiger partial charge on any atom is 0.247 e. The molecule has 1 fully saturated rings. The summed E-state index contributed by atoms with van der Waals surface area (Å²) in [7, 11) is -6.14. The zero-order valence-corrected chi connectivity index (χ0v) is 20.8. The molecule has 0 unspecified atom stereocenters. The summed E-state index contributed by atoms with van der Waals surface area (Å²) in [6.07, 6.45) is 3.00. The van der Waals surface area contributed by atoms with E-state index in [2.05, 4.69) is 32.4 Å². The van der Waals surface area contributed by atoms with E-state index in [0.717, 1.165) is 23.2 Å². The first-order chi connectivity index (χ1) is 16.7. The highest BCUT2D eigenvalue weighted by Gasteiger charge is 2.21. The summed E-state index contributed by atoms with van der Waals surface area (Å²) >= 11 is 0. The number of nitrogens with zero attached hydrogens (tertiary/aromatic N) is 4. The van der Waals surface area contributed by atoms with Gasteiger partial charge in [-0.3, -0.25) is 4.90 Å². The molecule has 1 N–H and O–H groups in total. The van der Waals surface area contributed by atoms with Gasteiger partial charge in [-0.05, 0) is 47.5 Å². The Kier molecular flexibility index (Phi) is 6.07. The molecule has 0 atom stereocenters. The number of benzene rings is 2. The van der Waals surface area contributed by atoms with E-state index in [1.807, 2.05) is 30.5 Å². The van der Waals surface area contributed by atoms with E-state index in [4.69, 9.17) is 0 Å². The Morgan fingerprint density at radius 2 is 1.69 bits per heavy atom. The number of nitrogens with one attached hydrogen (secondary N) is 1. The third kappa shape index (κ3) is 5.37. The first-order valence-electron chi connectivity index (χ1n) is 11.1. The van der Waals surface area contributed by atoms with Crippen LogP contribution in [-0.2, 0) is 26.2 Å². The van der Waals surface area contributed by atoms with Crippen LogP contribution in [-0.4, -0.2) is 67.2 Å². The normalized spacial score (nSPS) is 16.4. The molecule has 0 spiro atoms. The molecule has 1 saturated heterocycles. The summed E-state index contributed by atoms with van der Waals surface area (Å²) in [5.41, 5.74) is 4.43. The number of fused-ring (bicyclic) bond motifs is 1. The zero-order chi connectivity index (χ0) is 24.6. The second-order valence-corrected chi connectivity index (χ2v) is 13.0. The number of sulfone groups is 2. The predicted molar refractivity (Wildman–Crippen MR) is 137 cm³/mol. The minimum absolute atomic E-state index is 0. The van der Waals surface area contributed by atoms with Crippen LogP contribution in [0.1, 0.15) is 6.99 Å². The number of rotatable bonds is 6. The van der Waals surface area contributed by atoms with Crippen LogP contribution in [0.15, 0.2) is 71.8 Å². The standard InChI is InChI=1S/C24H25N5O4S2.H2/c1-34(30,31)21-10-8-20(9-11-21)25-24-26-23-22(3-2-12-29(23)27-24)19-6-4-18(5-7-19)17-28-13-15-35(32,33)16-14-28;/h2-12H,13-17H2,1H3,(H,25,27);1H. The minimum Gasteiger partial charge on any atom is -0.323 e. The first-order valence-corrected chi connectivity index (χ1v) is 14.8. The van der Waals surface area contributed by atoms with Crippen molar-refractivity contribution >= 4 is 37.0 Å². The molecule has 11 heteroatoms. The van der Waals surface area contributed by atoms with Crippen molar-refractivity contribution in [3.05, 3.63) is 72.4 Å². The summed E-state index contributed by atoms with van der Waals surface area (Å²) in [5, 5.41) is 7.62. The van der Waals surface area contributed by atoms with Gasteiger partial charge in [-0.1, -0.05) is 24.3 Å². The van der Waals surface area contributed by atoms with Gasteiger partial charge in [0.25, 0.3) is 0 Å². The number of aromatic nitrogens is 3. The van der Waals surface area contributed by atoms with Crippen molar-refractivity contribution in [2.75, 3.05) is 36.2 Å². The summed E-state index contributed by atoms with van der Waals surface area (Å²) in [6, 6.07) is 18.5. The van der Waals surface area contributed by atoms with E-state index in [1.54, 1.807) is 28.8 Å². The number of pyridine rings is 1. The molecule has 3 heterocycles. The van der Waals surface area contributed by atoms with Crippen LogP contribution in [0.3, 0.4) is 0 Å². The van der Waals surface area contributed by atoms with Gasteiger partial charge in [0.05, 0.1) is 16.4 Å². The lowest BCUT2D eigenvalue weighted by Crippen LogP contribution is -2.39. The lowest BCUT2D eigenvalue weighted by atomic mass is 10.0. The van der Waals surface area contributed by atoms with Crippen molar-refractivity contribution in [1.29, 1.82) is 0 Å². The average molecular weight is 514 g/mol. The molecular formula is C24H27N5O4S2. The van der Waals surface area contributed by atoms with Gasteiger partial charge in [-0.15, -0.1) is 5.10 Å². The molecule has 0 amide bonds. The van der Waals surface area contributed by atoms with Gasteiger partial charge in [-0.2, -0.15) is 4.98 Å². The molecule has 1 aliphatic rings. The highest BCUT2D eigenvalue weighted by atomic mass is 32.2. The van der Waals surface area contributed by atoms with Crippen LogP contribution in [0.5, 0.6) is 0 Å². The predicted octanol–water partition coefficient (Wildman–Crippen LogP) is 3.02. The molecule has 184 valence electrons. The van der Waals surface area contributed by atoms with Crippen LogP contribution in [0.25, 0.3) is 16.8 Å². The minimum atomic E-state index is -3.26. The monoisotopic (exact) mass is 513 g/mol. The van der Waals surface area contributed by atoms with Gasteiger partial charge in [-0.25, -0.2) is 21.4 Å². The second kappa shape index (κ2) is 9.06. The van der Waals surface area contributed by atoms with Crippen LogP contribution < -0.4 is 5.32 Å². The molecule has 0 saturated carbocycles. The van der Waals surface area contributed by atoms with E-state index < -0.39 is 19.7 Å². The Morgan fingerprint density at radius 3 is 2.34 bits per heavy atom. The summed E-state index contributed by atoms with van der Waals surface area (Å²) < 4.78 is 48.3. The SMILES string of the molecule is CS(=O)(=O)c1ccc(Nc2nc3c(-c4ccc(CN5CCS(=O)(=O)CC5)cc4)cccn3n2)cc1.[HH]. The Hall–Kier alpha value is -3.28. The Bertz CT molecular complexity index is 1570. The Labute approximate surface area is 205 Å². The summed E-state index contributed by atoms with van der Waals surface area (Å²) in [6.45, 7) is 1.85. The van der Waals surface area contributed by atoms with Gasteiger partial charge in [0.15, 0.2) is 25.3 Å². The largest absolute Gasteiger partial charge is 0.323 e. The molecule has 1 aliphatic heterocycles. The van der Waals surface area contributed by atoms with Crippen molar-refractivity contribution in [2.24, 2.45) is 0 Å². The quantitative estimate of drug-likeness (QED) is 0.419. The fraction of sp³-hybridized carbons (Fsp3) is 0.250. The van der Waals surface area contributed by atoms with Gasteiger partial charge >= 0.3 is 0 Å². The smallest absolute Gasteiger partial charge is 0.247 e. The third-order valence-corrected chi connectivity index (χ3v) is 8.75. The van der Waals surface area contributed by atoms with Crippen molar-refractivity contribution in [1.82, 2.24) is 19.5 Å². The Morgan fingerprint density at radius 1 is 1.00 bits per heavy atom. The van der Waals surface area contributed by atoms with E-state index in [0.29, 0.717) is 30.4 Å². The number of anilines is 2. The maximum absolute atomic E-state index is 11.7. The molecule has 5 rings (SSSR count). The van der Waals surface area contributed by atoms with Crippen molar-refractivity contribution < 1.29 is 18.3 Å². The van der Waals surface area contributed by atoms with Crippen LogP contribution in [0.4, 0.5) is 11.6 Å². The molecule has 2 aromatic heterocycles. The van der Waals surface area contributed by atoms with Crippen molar-refractivity contribution in [2.45, 2.75) is 11.4 Å². The zero-order valence-electron chi connectivity index (χ0n) is 19.1. The van der Waals surface area contributed by atoms with Crippen LogP contribution >= 0.6 is 0 Å². The molecular weight excluding hydrogens is 486 g/mol. The average Bonchev–Trinajstić information content (AvgIpc) is 3.23. The van der Waals surface area contributed by atoms with Gasteiger partial charge < -0.3 is 5.32 Å². The Balaban J connectivity index is 0.00000304. The second-order valence-electron chi connectivity index (χ2n) is 8.67. The number of hydrogen-bond donors (Lipinski definition) is 1. The molecule has 2 aromatic carbocycles. The lowest BCUT2D eigenvalue weighted by Gasteiger charge is -2.26. The molecule has 4 aromatic rings. The highest BCUT2D eigenvalue weighted by Crippen LogP contribution is 2.26. The topological polar surface area (TPSA) is 114 Å². The highest BCUT2D eigenvalue weighted by molar-refractivity contribution is 7.91. The first kappa shape index (κ1) is 23.5.